The number of hydrogen-bond donors (Lipinski definition) is 2. The molecule has 0 spiro atoms. The Balaban J connectivity index is 2.18. The molecule has 0 aliphatic heterocycles. The highest BCUT2D eigenvalue weighted by Gasteiger charge is 2.39. The fraction of sp³-hybridized carbons (Fsp3) is 0.533. The number of halogens is 1. The van der Waals surface area contributed by atoms with E-state index in [-0.39, 0.29) is 17.2 Å². The number of hydrogen-bond acceptors (Lipinski definition) is 2. The Hall–Kier alpha value is -1.22. The minimum absolute atomic E-state index is 0.0724. The molecule has 0 radical (unpaired) electrons. The Bertz CT molecular complexity index is 511. The molecular weight excluding hydrogens is 260 g/mol. The monoisotopic (exact) mass is 280 g/mol. The van der Waals surface area contributed by atoms with Crippen LogP contribution in [0.25, 0.3) is 0 Å². The van der Waals surface area contributed by atoms with Crippen LogP contribution in [0.1, 0.15) is 38.7 Å². The molecule has 1 saturated carbocycles. The fourth-order valence-electron chi connectivity index (χ4n) is 2.87. The predicted octanol–water partition coefficient (Wildman–Crippen LogP) is 4.00. The van der Waals surface area contributed by atoms with E-state index < -0.39 is 0 Å². The summed E-state index contributed by atoms with van der Waals surface area (Å²) in [7, 11) is 0. The summed E-state index contributed by atoms with van der Waals surface area (Å²) in [6, 6.07) is 3.52. The zero-order chi connectivity index (χ0) is 14.2. The number of nitrogens with one attached hydrogen (secondary N) is 1. The Labute approximate surface area is 119 Å². The van der Waals surface area contributed by atoms with Crippen LogP contribution in [0.3, 0.4) is 0 Å². The van der Waals surface area contributed by atoms with Gasteiger partial charge in [-0.25, -0.2) is 0 Å². The molecule has 3 N–H and O–H groups in total. The number of carbonyl (C=O) groups is 1. The second kappa shape index (κ2) is 5.04. The lowest BCUT2D eigenvalue weighted by atomic mass is 9.81. The van der Waals surface area contributed by atoms with Crippen LogP contribution in [0.5, 0.6) is 0 Å². The first-order valence-electron chi connectivity index (χ1n) is 6.68. The summed E-state index contributed by atoms with van der Waals surface area (Å²) in [5, 5.41) is 3.48. The molecule has 4 heteroatoms. The molecule has 1 unspecified atom stereocenters. The van der Waals surface area contributed by atoms with E-state index in [0.29, 0.717) is 10.7 Å². The third-order valence-electron chi connectivity index (χ3n) is 4.18. The third-order valence-corrected chi connectivity index (χ3v) is 4.50. The molecule has 0 bridgehead atoms. The van der Waals surface area contributed by atoms with Crippen molar-refractivity contribution in [1.29, 1.82) is 0 Å². The van der Waals surface area contributed by atoms with E-state index in [1.54, 1.807) is 12.1 Å². The molecule has 3 nitrogen and oxygen atoms in total. The molecular formula is C15H21ClN2O. The Morgan fingerprint density at radius 2 is 2.16 bits per heavy atom. The number of amides is 1. The zero-order valence-corrected chi connectivity index (χ0v) is 12.5. The van der Waals surface area contributed by atoms with Crippen molar-refractivity contribution in [2.24, 2.45) is 11.3 Å². The van der Waals surface area contributed by atoms with Gasteiger partial charge in [-0.3, -0.25) is 4.79 Å². The maximum atomic E-state index is 12.4. The lowest BCUT2D eigenvalue weighted by Crippen LogP contribution is -2.31. The summed E-state index contributed by atoms with van der Waals surface area (Å²) < 4.78 is 0. The molecule has 1 aliphatic rings. The first-order chi connectivity index (χ1) is 8.81. The number of rotatable bonds is 2. The number of anilines is 2. The number of nitrogens with two attached hydrogens (primary N) is 1. The summed E-state index contributed by atoms with van der Waals surface area (Å²) in [4.78, 5) is 12.4. The molecule has 0 aromatic heterocycles. The summed E-state index contributed by atoms with van der Waals surface area (Å²) in [6.07, 6.45) is 3.18. The van der Waals surface area contributed by atoms with Gasteiger partial charge in [-0.15, -0.1) is 0 Å². The average Bonchev–Trinajstić information content (AvgIpc) is 2.65. The minimum atomic E-state index is 0.0724. The first kappa shape index (κ1) is 14.2. The topological polar surface area (TPSA) is 55.1 Å². The molecule has 0 heterocycles. The molecule has 1 fully saturated rings. The number of aryl methyl sites for hydroxylation is 1. The highest BCUT2D eigenvalue weighted by atomic mass is 35.5. The maximum Gasteiger partial charge on any atom is 0.228 e. The van der Waals surface area contributed by atoms with Crippen LogP contribution in [-0.4, -0.2) is 5.91 Å². The third kappa shape index (κ3) is 2.86. The molecule has 104 valence electrons. The Morgan fingerprint density at radius 1 is 1.47 bits per heavy atom. The van der Waals surface area contributed by atoms with Gasteiger partial charge in [-0.1, -0.05) is 31.9 Å². The highest BCUT2D eigenvalue weighted by Crippen LogP contribution is 2.43. The van der Waals surface area contributed by atoms with Crippen LogP contribution in [0, 0.1) is 18.3 Å². The van der Waals surface area contributed by atoms with E-state index in [4.69, 9.17) is 17.3 Å². The largest absolute Gasteiger partial charge is 0.398 e. The van der Waals surface area contributed by atoms with E-state index in [9.17, 15) is 4.79 Å². The van der Waals surface area contributed by atoms with Crippen molar-refractivity contribution in [1.82, 2.24) is 0 Å². The quantitative estimate of drug-likeness (QED) is 0.805. The maximum absolute atomic E-state index is 12.4. The van der Waals surface area contributed by atoms with Crippen LogP contribution in [0.2, 0.25) is 5.02 Å². The molecule has 1 aromatic carbocycles. The van der Waals surface area contributed by atoms with Crippen molar-refractivity contribution < 1.29 is 4.79 Å². The van der Waals surface area contributed by atoms with Gasteiger partial charge in [-0.05, 0) is 42.9 Å². The van der Waals surface area contributed by atoms with Crippen molar-refractivity contribution in [3.8, 4) is 0 Å². The number of benzene rings is 1. The van der Waals surface area contributed by atoms with Crippen molar-refractivity contribution in [3.05, 3.63) is 22.7 Å². The first-order valence-corrected chi connectivity index (χ1v) is 7.05. The summed E-state index contributed by atoms with van der Waals surface area (Å²) in [5.41, 5.74) is 8.05. The van der Waals surface area contributed by atoms with Crippen LogP contribution in [0.4, 0.5) is 11.4 Å². The van der Waals surface area contributed by atoms with Gasteiger partial charge in [0.05, 0.1) is 10.7 Å². The number of nitrogen functional groups attached to an aromatic ring is 1. The van der Waals surface area contributed by atoms with Gasteiger partial charge in [0.15, 0.2) is 0 Å². The Morgan fingerprint density at radius 3 is 2.74 bits per heavy atom. The van der Waals surface area contributed by atoms with E-state index >= 15 is 0 Å². The second-order valence-corrected chi connectivity index (χ2v) is 6.52. The van der Waals surface area contributed by atoms with Crippen LogP contribution in [0.15, 0.2) is 12.1 Å². The normalized spacial score (nSPS) is 21.4. The molecule has 2 rings (SSSR count). The molecule has 0 saturated heterocycles. The van der Waals surface area contributed by atoms with E-state index in [1.807, 2.05) is 6.92 Å². The van der Waals surface area contributed by atoms with Gasteiger partial charge in [0.2, 0.25) is 5.91 Å². The van der Waals surface area contributed by atoms with Gasteiger partial charge in [0.25, 0.3) is 0 Å². The van der Waals surface area contributed by atoms with Crippen molar-refractivity contribution in [2.75, 3.05) is 11.1 Å². The fourth-order valence-corrected chi connectivity index (χ4v) is 3.03. The van der Waals surface area contributed by atoms with Gasteiger partial charge >= 0.3 is 0 Å². The molecule has 1 amide bonds. The highest BCUT2D eigenvalue weighted by molar-refractivity contribution is 6.33. The van der Waals surface area contributed by atoms with Gasteiger partial charge in [0.1, 0.15) is 0 Å². The standard InChI is InChI=1S/C15H21ClN2O/c1-9-7-12(17)11(16)8-13(9)18-14(19)10-5-4-6-15(10,2)3/h7-8,10H,4-6,17H2,1-3H3,(H,18,19). The van der Waals surface area contributed by atoms with Crippen LogP contribution < -0.4 is 11.1 Å². The van der Waals surface area contributed by atoms with Crippen molar-refractivity contribution >= 4 is 28.9 Å². The van der Waals surface area contributed by atoms with Crippen LogP contribution >= 0.6 is 11.6 Å². The lowest BCUT2D eigenvalue weighted by molar-refractivity contribution is -0.122. The lowest BCUT2D eigenvalue weighted by Gasteiger charge is -2.26. The van der Waals surface area contributed by atoms with Gasteiger partial charge < -0.3 is 11.1 Å². The van der Waals surface area contributed by atoms with Crippen molar-refractivity contribution in [2.45, 2.75) is 40.0 Å². The van der Waals surface area contributed by atoms with E-state index in [0.717, 1.165) is 30.5 Å². The number of carbonyl (C=O) groups excluding carboxylic acids is 1. The van der Waals surface area contributed by atoms with Gasteiger partial charge in [0, 0.05) is 11.6 Å². The molecule has 1 atom stereocenters. The average molecular weight is 281 g/mol. The van der Waals surface area contributed by atoms with Crippen molar-refractivity contribution in [3.63, 3.8) is 0 Å². The van der Waals surface area contributed by atoms with Crippen LogP contribution in [-0.2, 0) is 4.79 Å². The van der Waals surface area contributed by atoms with Gasteiger partial charge in [-0.2, -0.15) is 0 Å². The summed E-state index contributed by atoms with van der Waals surface area (Å²) in [6.45, 7) is 6.24. The Kier molecular flexibility index (Phi) is 3.77. The second-order valence-electron chi connectivity index (χ2n) is 6.11. The summed E-state index contributed by atoms with van der Waals surface area (Å²) >= 11 is 6.01. The SMILES string of the molecule is Cc1cc(N)c(Cl)cc1NC(=O)C1CCCC1(C)C. The summed E-state index contributed by atoms with van der Waals surface area (Å²) in [5.74, 6) is 0.162. The predicted molar refractivity (Wildman–Crippen MR) is 80.4 cm³/mol. The molecule has 1 aromatic rings. The molecule has 19 heavy (non-hydrogen) atoms. The molecule has 1 aliphatic carbocycles. The van der Waals surface area contributed by atoms with E-state index in [1.165, 1.54) is 0 Å². The minimum Gasteiger partial charge on any atom is -0.398 e. The van der Waals surface area contributed by atoms with E-state index in [2.05, 4.69) is 19.2 Å². The zero-order valence-electron chi connectivity index (χ0n) is 11.7. The smallest absolute Gasteiger partial charge is 0.228 e.